The van der Waals surface area contributed by atoms with Crippen LogP contribution in [-0.2, 0) is 6.42 Å². The van der Waals surface area contributed by atoms with E-state index >= 15 is 0 Å². The van der Waals surface area contributed by atoms with Crippen LogP contribution in [0.2, 0.25) is 0 Å². The van der Waals surface area contributed by atoms with E-state index in [-0.39, 0.29) is 11.7 Å². The highest BCUT2D eigenvalue weighted by atomic mass is 19.1. The van der Waals surface area contributed by atoms with Crippen molar-refractivity contribution in [1.29, 1.82) is 0 Å². The molecule has 0 aliphatic carbocycles. The number of carbonyl (C=O) groups excluding carboxylic acids is 1. The molecule has 4 nitrogen and oxygen atoms in total. The first-order valence-electron chi connectivity index (χ1n) is 7.66. The Morgan fingerprint density at radius 2 is 1.95 bits per heavy atom. The lowest BCUT2D eigenvalue weighted by atomic mass is 10.2. The number of aryl methyl sites for hydroxylation is 1. The number of pyridine rings is 1. The van der Waals surface area contributed by atoms with Crippen molar-refractivity contribution in [3.05, 3.63) is 35.5 Å². The van der Waals surface area contributed by atoms with E-state index in [0.717, 1.165) is 31.6 Å². The largest absolute Gasteiger partial charge is 0.337 e. The van der Waals surface area contributed by atoms with Gasteiger partial charge in [0.15, 0.2) is 0 Å². The van der Waals surface area contributed by atoms with Gasteiger partial charge in [-0.2, -0.15) is 0 Å². The highest BCUT2D eigenvalue weighted by Crippen LogP contribution is 2.19. The second-order valence-electron chi connectivity index (χ2n) is 5.54. The third-order valence-electron chi connectivity index (χ3n) is 4.09. The lowest BCUT2D eigenvalue weighted by Gasteiger charge is -2.20. The normalized spacial score (nSPS) is 16.2. The van der Waals surface area contributed by atoms with Gasteiger partial charge in [0.2, 0.25) is 0 Å². The maximum atomic E-state index is 13.5. The molecule has 0 N–H and O–H groups in total. The average molecular weight is 289 g/mol. The van der Waals surface area contributed by atoms with Gasteiger partial charge in [0.25, 0.3) is 5.91 Å². The van der Waals surface area contributed by atoms with Crippen LogP contribution in [0.4, 0.5) is 4.39 Å². The van der Waals surface area contributed by atoms with E-state index in [1.165, 1.54) is 25.1 Å². The van der Waals surface area contributed by atoms with E-state index in [9.17, 15) is 9.18 Å². The van der Waals surface area contributed by atoms with Crippen molar-refractivity contribution in [2.75, 3.05) is 13.1 Å². The third kappa shape index (κ3) is 2.64. The summed E-state index contributed by atoms with van der Waals surface area (Å²) in [5.74, 6) is -0.376. The van der Waals surface area contributed by atoms with E-state index in [1.807, 2.05) is 11.8 Å². The van der Waals surface area contributed by atoms with Crippen LogP contribution in [0.25, 0.3) is 5.65 Å². The first-order chi connectivity index (χ1) is 10.2. The number of nitrogens with zero attached hydrogens (tertiary/aromatic N) is 3. The van der Waals surface area contributed by atoms with Crippen molar-refractivity contribution in [2.45, 2.75) is 39.0 Å². The molecule has 1 aliphatic heterocycles. The van der Waals surface area contributed by atoms with Crippen LogP contribution in [0.3, 0.4) is 0 Å². The monoisotopic (exact) mass is 289 g/mol. The fourth-order valence-corrected chi connectivity index (χ4v) is 2.96. The van der Waals surface area contributed by atoms with Gasteiger partial charge in [0, 0.05) is 19.3 Å². The Morgan fingerprint density at radius 1 is 1.24 bits per heavy atom. The molecule has 5 heteroatoms. The Kier molecular flexibility index (Phi) is 3.90. The topological polar surface area (TPSA) is 37.6 Å². The van der Waals surface area contributed by atoms with Crippen LogP contribution < -0.4 is 0 Å². The Bertz CT molecular complexity index is 657. The fourth-order valence-electron chi connectivity index (χ4n) is 2.96. The number of fused-ring (bicyclic) bond motifs is 1. The van der Waals surface area contributed by atoms with Gasteiger partial charge < -0.3 is 4.90 Å². The van der Waals surface area contributed by atoms with Crippen LogP contribution in [0.5, 0.6) is 0 Å². The van der Waals surface area contributed by atoms with Gasteiger partial charge in [0.05, 0.1) is 5.69 Å². The molecule has 112 valence electrons. The zero-order valence-electron chi connectivity index (χ0n) is 12.3. The van der Waals surface area contributed by atoms with Crippen molar-refractivity contribution < 1.29 is 9.18 Å². The van der Waals surface area contributed by atoms with Crippen LogP contribution >= 0.6 is 0 Å². The molecule has 2 aromatic heterocycles. The maximum absolute atomic E-state index is 13.5. The molecule has 0 atom stereocenters. The molecule has 0 radical (unpaired) electrons. The van der Waals surface area contributed by atoms with Crippen molar-refractivity contribution in [3.8, 4) is 0 Å². The summed E-state index contributed by atoms with van der Waals surface area (Å²) < 4.78 is 15.1. The molecule has 3 rings (SSSR count). The minimum Gasteiger partial charge on any atom is -0.337 e. The quantitative estimate of drug-likeness (QED) is 0.852. The minimum atomic E-state index is -0.354. The molecule has 0 spiro atoms. The van der Waals surface area contributed by atoms with Crippen molar-refractivity contribution in [2.24, 2.45) is 0 Å². The van der Waals surface area contributed by atoms with Crippen LogP contribution in [0.15, 0.2) is 18.3 Å². The maximum Gasteiger partial charge on any atom is 0.272 e. The van der Waals surface area contributed by atoms with Gasteiger partial charge in [-0.1, -0.05) is 19.8 Å². The van der Waals surface area contributed by atoms with E-state index < -0.39 is 0 Å². The molecule has 0 bridgehead atoms. The molecule has 0 unspecified atom stereocenters. The van der Waals surface area contributed by atoms with Gasteiger partial charge in [-0.05, 0) is 31.4 Å². The number of likely N-dealkylation sites (tertiary alicyclic amines) is 1. The van der Waals surface area contributed by atoms with E-state index in [0.29, 0.717) is 17.8 Å². The second-order valence-corrected chi connectivity index (χ2v) is 5.54. The van der Waals surface area contributed by atoms with Gasteiger partial charge in [-0.25, -0.2) is 9.37 Å². The molecule has 3 heterocycles. The van der Waals surface area contributed by atoms with Crippen LogP contribution in [0.1, 0.15) is 48.8 Å². The minimum absolute atomic E-state index is 0.0214. The van der Waals surface area contributed by atoms with Crippen LogP contribution in [0, 0.1) is 5.82 Å². The third-order valence-corrected chi connectivity index (χ3v) is 4.09. The summed E-state index contributed by atoms with van der Waals surface area (Å²) >= 11 is 0. The predicted molar refractivity (Wildman–Crippen MR) is 78.9 cm³/mol. The van der Waals surface area contributed by atoms with Crippen LogP contribution in [-0.4, -0.2) is 33.3 Å². The number of halogens is 1. The summed E-state index contributed by atoms with van der Waals surface area (Å²) in [7, 11) is 0. The lowest BCUT2D eigenvalue weighted by molar-refractivity contribution is 0.0753. The fraction of sp³-hybridized carbons (Fsp3) is 0.500. The number of amides is 1. The van der Waals surface area contributed by atoms with Gasteiger partial charge >= 0.3 is 0 Å². The molecule has 0 saturated carbocycles. The molecule has 1 saturated heterocycles. The number of rotatable bonds is 2. The van der Waals surface area contributed by atoms with Gasteiger partial charge in [0.1, 0.15) is 17.2 Å². The highest BCUT2D eigenvalue weighted by Gasteiger charge is 2.24. The Balaban J connectivity index is 2.04. The lowest BCUT2D eigenvalue weighted by Crippen LogP contribution is -2.33. The molecule has 1 aliphatic rings. The number of hydrogen-bond donors (Lipinski definition) is 0. The van der Waals surface area contributed by atoms with Crippen molar-refractivity contribution >= 4 is 11.6 Å². The number of carbonyl (C=O) groups is 1. The van der Waals surface area contributed by atoms with E-state index in [4.69, 9.17) is 0 Å². The second kappa shape index (κ2) is 5.84. The molecule has 21 heavy (non-hydrogen) atoms. The zero-order chi connectivity index (χ0) is 14.8. The SMILES string of the molecule is CCc1nc2ccc(F)cn2c1C(=O)N1CCCCCC1. The zero-order valence-corrected chi connectivity index (χ0v) is 12.3. The summed E-state index contributed by atoms with van der Waals surface area (Å²) in [6.07, 6.45) is 6.44. The highest BCUT2D eigenvalue weighted by molar-refractivity contribution is 5.94. The molecule has 2 aromatic rings. The average Bonchev–Trinajstić information content (AvgIpc) is 2.66. The summed E-state index contributed by atoms with van der Waals surface area (Å²) in [6.45, 7) is 3.53. The molecule has 0 aromatic carbocycles. The molecular formula is C16H20FN3O. The Labute approximate surface area is 123 Å². The summed E-state index contributed by atoms with van der Waals surface area (Å²) in [5, 5.41) is 0. The van der Waals surface area contributed by atoms with Gasteiger partial charge in [-0.15, -0.1) is 0 Å². The standard InChI is InChI=1S/C16H20FN3O/c1-2-13-15(16(21)19-9-5-3-4-6-10-19)20-11-12(17)7-8-14(20)18-13/h7-8,11H,2-6,9-10H2,1H3. The number of imidazole rings is 1. The number of hydrogen-bond acceptors (Lipinski definition) is 2. The molecule has 1 fully saturated rings. The Hall–Kier alpha value is -1.91. The first kappa shape index (κ1) is 14.0. The summed E-state index contributed by atoms with van der Waals surface area (Å²) in [6, 6.07) is 3.00. The summed E-state index contributed by atoms with van der Waals surface area (Å²) in [4.78, 5) is 19.2. The Morgan fingerprint density at radius 3 is 2.62 bits per heavy atom. The smallest absolute Gasteiger partial charge is 0.272 e. The number of aromatic nitrogens is 2. The predicted octanol–water partition coefficient (Wildman–Crippen LogP) is 3.05. The summed E-state index contributed by atoms with van der Waals surface area (Å²) in [5.41, 5.74) is 1.90. The van der Waals surface area contributed by atoms with E-state index in [1.54, 1.807) is 10.5 Å². The molecular weight excluding hydrogens is 269 g/mol. The molecule has 1 amide bonds. The van der Waals surface area contributed by atoms with E-state index in [2.05, 4.69) is 4.98 Å². The van der Waals surface area contributed by atoms with Crippen molar-refractivity contribution in [1.82, 2.24) is 14.3 Å². The first-order valence-corrected chi connectivity index (χ1v) is 7.66. The van der Waals surface area contributed by atoms with Gasteiger partial charge in [-0.3, -0.25) is 9.20 Å². The van der Waals surface area contributed by atoms with Crippen molar-refractivity contribution in [3.63, 3.8) is 0 Å².